The second-order valence-corrected chi connectivity index (χ2v) is 11.7. The van der Waals surface area contributed by atoms with Gasteiger partial charge in [-0.2, -0.15) is 24.2 Å². The van der Waals surface area contributed by atoms with Crippen LogP contribution in [0.4, 0.5) is 18.9 Å². The zero-order valence-corrected chi connectivity index (χ0v) is 24.1. The molecular formula is C30H31F3N10O. The fourth-order valence-electron chi connectivity index (χ4n) is 5.53. The largest absolute Gasteiger partial charge is 0.387 e. The number of nitrogens with zero attached hydrogens (tertiary/aromatic N) is 9. The Morgan fingerprint density at radius 2 is 1.84 bits per heavy atom. The van der Waals surface area contributed by atoms with E-state index >= 15 is 0 Å². The summed E-state index contributed by atoms with van der Waals surface area (Å²) in [5.41, 5.74) is 3.76. The predicted octanol–water partition coefficient (Wildman–Crippen LogP) is 5.37. The summed E-state index contributed by atoms with van der Waals surface area (Å²) in [5.74, 6) is 0.147. The third-order valence-corrected chi connectivity index (χ3v) is 8.10. The molecule has 44 heavy (non-hydrogen) atoms. The van der Waals surface area contributed by atoms with Crippen LogP contribution in [0.2, 0.25) is 0 Å². The molecule has 1 unspecified atom stereocenters. The molecule has 228 valence electrons. The van der Waals surface area contributed by atoms with E-state index in [4.69, 9.17) is 4.98 Å². The molecule has 0 spiro atoms. The summed E-state index contributed by atoms with van der Waals surface area (Å²) in [6.45, 7) is -0.0165. The van der Waals surface area contributed by atoms with Crippen LogP contribution in [-0.4, -0.2) is 62.3 Å². The zero-order chi connectivity index (χ0) is 31.0. The Morgan fingerprint density at radius 1 is 1.05 bits per heavy atom. The van der Waals surface area contributed by atoms with E-state index in [0.717, 1.165) is 48.1 Å². The van der Waals surface area contributed by atoms with Gasteiger partial charge in [-0.25, -0.2) is 18.3 Å². The Hall–Kier alpha value is -4.77. The van der Waals surface area contributed by atoms with E-state index in [1.54, 1.807) is 23.0 Å². The molecule has 5 aromatic heterocycles. The first kappa shape index (κ1) is 29.3. The molecule has 1 aliphatic carbocycles. The molecule has 0 bridgehead atoms. The number of hydrogen-bond donors (Lipinski definition) is 2. The van der Waals surface area contributed by atoms with Crippen LogP contribution in [0.3, 0.4) is 0 Å². The SMILES string of the molecule is CC(C)(O)C(F)Cn1cc(-c2cnc(-c3ccc4cc(C#N)cnn34)cc2NC2CCC(c3cnn(C(F)F)c3)CC2)nn1. The summed E-state index contributed by atoms with van der Waals surface area (Å²) < 4.78 is 44.4. The lowest BCUT2D eigenvalue weighted by molar-refractivity contribution is -0.0120. The number of rotatable bonds is 9. The number of hydrogen-bond acceptors (Lipinski definition) is 8. The van der Waals surface area contributed by atoms with Crippen molar-refractivity contribution < 1.29 is 18.3 Å². The van der Waals surface area contributed by atoms with Crippen LogP contribution in [0, 0.1) is 11.3 Å². The average Bonchev–Trinajstić information content (AvgIpc) is 3.77. The number of fused-ring (bicyclic) bond motifs is 1. The zero-order valence-electron chi connectivity index (χ0n) is 24.1. The van der Waals surface area contributed by atoms with Crippen LogP contribution in [0.5, 0.6) is 0 Å². The summed E-state index contributed by atoms with van der Waals surface area (Å²) in [4.78, 5) is 4.69. The Morgan fingerprint density at radius 3 is 2.55 bits per heavy atom. The minimum atomic E-state index is -2.66. The predicted molar refractivity (Wildman–Crippen MR) is 155 cm³/mol. The Labute approximate surface area is 251 Å². The van der Waals surface area contributed by atoms with Gasteiger partial charge in [-0.3, -0.25) is 4.98 Å². The van der Waals surface area contributed by atoms with E-state index in [-0.39, 0.29) is 18.5 Å². The lowest BCUT2D eigenvalue weighted by atomic mass is 9.83. The highest BCUT2D eigenvalue weighted by atomic mass is 19.3. The molecule has 0 amide bonds. The van der Waals surface area contributed by atoms with Gasteiger partial charge in [0.25, 0.3) is 0 Å². The number of pyridine rings is 1. The number of aromatic nitrogens is 8. The van der Waals surface area contributed by atoms with E-state index in [0.29, 0.717) is 27.2 Å². The quantitative estimate of drug-likeness (QED) is 0.230. The van der Waals surface area contributed by atoms with Gasteiger partial charge in [0.15, 0.2) is 0 Å². The number of alkyl halides is 3. The molecule has 11 nitrogen and oxygen atoms in total. The van der Waals surface area contributed by atoms with E-state index in [2.05, 4.69) is 31.9 Å². The number of nitriles is 1. The van der Waals surface area contributed by atoms with Crippen molar-refractivity contribution in [1.29, 1.82) is 5.26 Å². The summed E-state index contributed by atoms with van der Waals surface area (Å²) in [6.07, 6.45) is 9.42. The minimum Gasteiger partial charge on any atom is -0.387 e. The smallest absolute Gasteiger partial charge is 0.333 e. The van der Waals surface area contributed by atoms with E-state index in [1.807, 2.05) is 18.2 Å². The molecule has 1 fully saturated rings. The van der Waals surface area contributed by atoms with Gasteiger partial charge in [-0.05, 0) is 75.3 Å². The van der Waals surface area contributed by atoms with Gasteiger partial charge in [0.1, 0.15) is 17.9 Å². The lowest BCUT2D eigenvalue weighted by Gasteiger charge is -2.30. The third-order valence-electron chi connectivity index (χ3n) is 8.10. The Balaban J connectivity index is 1.28. The molecule has 0 aromatic carbocycles. The van der Waals surface area contributed by atoms with Gasteiger partial charge in [0.05, 0.1) is 53.2 Å². The molecule has 5 aromatic rings. The maximum atomic E-state index is 14.5. The minimum absolute atomic E-state index is 0.0891. The van der Waals surface area contributed by atoms with Crippen LogP contribution in [-0.2, 0) is 6.54 Å². The standard InChI is InChI=1S/C30H31F3N10O/c1-30(2,44)28(31)17-41-16-26(39-40-41)23-14-35-25(27-8-7-22-9-18(11-34)12-37-43(22)27)10-24(23)38-21-5-3-19(4-6-21)20-13-36-42(15-20)29(32)33/h7-10,12-16,19,21,28-29,44H,3-6,17H2,1-2H3,(H,35,38). The Kier molecular flexibility index (Phi) is 7.81. The van der Waals surface area contributed by atoms with Gasteiger partial charge in [0.2, 0.25) is 0 Å². The van der Waals surface area contributed by atoms with Gasteiger partial charge < -0.3 is 10.4 Å². The molecule has 0 saturated heterocycles. The van der Waals surface area contributed by atoms with Gasteiger partial charge in [-0.15, -0.1) is 5.10 Å². The van der Waals surface area contributed by atoms with Crippen LogP contribution in [0.15, 0.2) is 55.2 Å². The van der Waals surface area contributed by atoms with Gasteiger partial charge >= 0.3 is 6.55 Å². The van der Waals surface area contributed by atoms with Crippen LogP contribution < -0.4 is 5.32 Å². The van der Waals surface area contributed by atoms with Crippen molar-refractivity contribution in [3.8, 4) is 28.7 Å². The van der Waals surface area contributed by atoms with Crippen molar-refractivity contribution in [1.82, 2.24) is 39.4 Å². The highest BCUT2D eigenvalue weighted by Crippen LogP contribution is 2.37. The highest BCUT2D eigenvalue weighted by Gasteiger charge is 2.28. The van der Waals surface area contributed by atoms with Crippen LogP contribution in [0.25, 0.3) is 28.2 Å². The Bertz CT molecular complexity index is 1810. The third kappa shape index (κ3) is 6.00. The van der Waals surface area contributed by atoms with E-state index in [1.165, 1.54) is 37.1 Å². The van der Waals surface area contributed by atoms with E-state index in [9.17, 15) is 23.5 Å². The van der Waals surface area contributed by atoms with Crippen molar-refractivity contribution in [3.63, 3.8) is 0 Å². The maximum absolute atomic E-state index is 14.5. The van der Waals surface area contributed by atoms with Gasteiger partial charge in [-0.1, -0.05) is 5.21 Å². The molecule has 2 N–H and O–H groups in total. The van der Waals surface area contributed by atoms with Crippen molar-refractivity contribution in [2.24, 2.45) is 0 Å². The van der Waals surface area contributed by atoms with Crippen molar-refractivity contribution in [2.75, 3.05) is 5.32 Å². The normalized spacial score (nSPS) is 18.0. The lowest BCUT2D eigenvalue weighted by Crippen LogP contribution is -2.35. The van der Waals surface area contributed by atoms with Crippen molar-refractivity contribution >= 4 is 11.2 Å². The summed E-state index contributed by atoms with van der Waals surface area (Å²) in [7, 11) is 0. The molecule has 6 rings (SSSR count). The monoisotopic (exact) mass is 604 g/mol. The van der Waals surface area contributed by atoms with Crippen molar-refractivity contribution in [2.45, 2.75) is 76.4 Å². The molecule has 0 aliphatic heterocycles. The first-order chi connectivity index (χ1) is 21.1. The summed E-state index contributed by atoms with van der Waals surface area (Å²) in [5, 5.41) is 39.5. The number of anilines is 1. The molecule has 14 heteroatoms. The average molecular weight is 605 g/mol. The molecule has 1 atom stereocenters. The molecular weight excluding hydrogens is 573 g/mol. The van der Waals surface area contributed by atoms with E-state index < -0.39 is 18.3 Å². The van der Waals surface area contributed by atoms with Crippen molar-refractivity contribution in [3.05, 3.63) is 66.4 Å². The fourth-order valence-corrected chi connectivity index (χ4v) is 5.53. The number of nitrogens with one attached hydrogen (secondary N) is 1. The van der Waals surface area contributed by atoms with Crippen LogP contribution in [0.1, 0.15) is 63.1 Å². The highest BCUT2D eigenvalue weighted by molar-refractivity contribution is 5.79. The molecule has 1 saturated carbocycles. The van der Waals surface area contributed by atoms with Gasteiger partial charge in [0, 0.05) is 29.7 Å². The first-order valence-corrected chi connectivity index (χ1v) is 14.3. The first-order valence-electron chi connectivity index (χ1n) is 14.3. The van der Waals surface area contributed by atoms with Crippen LogP contribution >= 0.6 is 0 Å². The molecule has 0 radical (unpaired) electrons. The summed E-state index contributed by atoms with van der Waals surface area (Å²) >= 11 is 0. The summed E-state index contributed by atoms with van der Waals surface area (Å²) in [6, 6.07) is 9.59. The number of halogens is 3. The topological polar surface area (TPSA) is 135 Å². The molecule has 5 heterocycles. The molecule has 1 aliphatic rings. The maximum Gasteiger partial charge on any atom is 0.333 e. The second kappa shape index (κ2) is 11.7. The fraction of sp³-hybridized carbons (Fsp3) is 0.400. The second-order valence-electron chi connectivity index (χ2n) is 11.7. The number of aliphatic hydroxyl groups is 1.